The second kappa shape index (κ2) is 8.54. The van der Waals surface area contributed by atoms with Gasteiger partial charge in [-0.3, -0.25) is 19.3 Å². The number of benzene rings is 1. The predicted molar refractivity (Wildman–Crippen MR) is 93.6 cm³/mol. The van der Waals surface area contributed by atoms with Crippen molar-refractivity contribution in [1.29, 1.82) is 0 Å². The molecule has 0 aromatic heterocycles. The first-order valence-corrected chi connectivity index (χ1v) is 8.62. The quantitative estimate of drug-likeness (QED) is 0.767. The van der Waals surface area contributed by atoms with Gasteiger partial charge in [0.15, 0.2) is 0 Å². The Kier molecular flexibility index (Phi) is 6.43. The first-order chi connectivity index (χ1) is 11.6. The predicted octanol–water partition coefficient (Wildman–Crippen LogP) is 2.65. The Balaban J connectivity index is 2.15. The Morgan fingerprint density at radius 3 is 2.75 bits per heavy atom. The molecule has 0 saturated carbocycles. The zero-order valence-electron chi connectivity index (χ0n) is 13.7. The molecule has 0 bridgehead atoms. The molecule has 1 aliphatic rings. The van der Waals surface area contributed by atoms with Crippen molar-refractivity contribution in [2.75, 3.05) is 19.7 Å². The standard InChI is InChI=1S/C17H20N2O4S/c1-3-9-18-15(20)11-19-16(21)14(24-17(19)22)10-12-7-5-6-8-13(12)23-4-2/h5-8,10H,3-4,9,11H2,1-2H3,(H,18,20)/b14-10-. The number of carbonyl (C=O) groups excluding carboxylic acids is 3. The zero-order chi connectivity index (χ0) is 17.5. The summed E-state index contributed by atoms with van der Waals surface area (Å²) >= 11 is 0.832. The van der Waals surface area contributed by atoms with Gasteiger partial charge in [-0.15, -0.1) is 0 Å². The third kappa shape index (κ3) is 4.38. The van der Waals surface area contributed by atoms with Crippen molar-refractivity contribution in [3.63, 3.8) is 0 Å². The van der Waals surface area contributed by atoms with Crippen LogP contribution in [-0.2, 0) is 9.59 Å². The van der Waals surface area contributed by atoms with Crippen LogP contribution in [0.4, 0.5) is 4.79 Å². The number of ether oxygens (including phenoxy) is 1. The van der Waals surface area contributed by atoms with Gasteiger partial charge in [0.1, 0.15) is 12.3 Å². The third-order valence-electron chi connectivity index (χ3n) is 3.25. The van der Waals surface area contributed by atoms with E-state index in [-0.39, 0.29) is 17.4 Å². The maximum Gasteiger partial charge on any atom is 0.294 e. The average molecular weight is 348 g/mol. The lowest BCUT2D eigenvalue weighted by Gasteiger charge is -2.12. The van der Waals surface area contributed by atoms with Gasteiger partial charge in [0.05, 0.1) is 11.5 Å². The highest BCUT2D eigenvalue weighted by Crippen LogP contribution is 2.33. The summed E-state index contributed by atoms with van der Waals surface area (Å²) in [4.78, 5) is 37.4. The monoisotopic (exact) mass is 348 g/mol. The van der Waals surface area contributed by atoms with Crippen LogP contribution in [0.2, 0.25) is 0 Å². The molecule has 1 heterocycles. The fourth-order valence-corrected chi connectivity index (χ4v) is 2.96. The number of hydrogen-bond acceptors (Lipinski definition) is 5. The van der Waals surface area contributed by atoms with Gasteiger partial charge in [0.2, 0.25) is 5.91 Å². The molecule has 6 nitrogen and oxygen atoms in total. The molecule has 2 rings (SSSR count). The van der Waals surface area contributed by atoms with Crippen LogP contribution in [-0.4, -0.2) is 41.6 Å². The number of imide groups is 1. The Morgan fingerprint density at radius 1 is 1.29 bits per heavy atom. The maximum atomic E-state index is 12.4. The minimum atomic E-state index is -0.456. The molecule has 1 N–H and O–H groups in total. The van der Waals surface area contributed by atoms with Gasteiger partial charge in [-0.1, -0.05) is 25.1 Å². The summed E-state index contributed by atoms with van der Waals surface area (Å²) < 4.78 is 5.52. The zero-order valence-corrected chi connectivity index (χ0v) is 14.5. The topological polar surface area (TPSA) is 75.7 Å². The number of amides is 3. The van der Waals surface area contributed by atoms with Crippen molar-refractivity contribution >= 4 is 34.9 Å². The van der Waals surface area contributed by atoms with Crippen molar-refractivity contribution in [3.8, 4) is 5.75 Å². The van der Waals surface area contributed by atoms with E-state index in [4.69, 9.17) is 4.74 Å². The molecule has 3 amide bonds. The molecule has 0 unspecified atom stereocenters. The van der Waals surface area contributed by atoms with Gasteiger partial charge in [-0.2, -0.15) is 0 Å². The number of rotatable bonds is 7. The van der Waals surface area contributed by atoms with Crippen LogP contribution in [0.3, 0.4) is 0 Å². The largest absolute Gasteiger partial charge is 0.493 e. The highest BCUT2D eigenvalue weighted by atomic mass is 32.2. The fraction of sp³-hybridized carbons (Fsp3) is 0.353. The molecule has 0 spiro atoms. The lowest BCUT2D eigenvalue weighted by molar-refractivity contribution is -0.129. The molecular weight excluding hydrogens is 328 g/mol. The van der Waals surface area contributed by atoms with Crippen LogP contribution >= 0.6 is 11.8 Å². The number of hydrogen-bond donors (Lipinski definition) is 1. The molecule has 1 saturated heterocycles. The molecular formula is C17H20N2O4S. The number of thioether (sulfide) groups is 1. The van der Waals surface area contributed by atoms with E-state index in [2.05, 4.69) is 5.32 Å². The van der Waals surface area contributed by atoms with Crippen molar-refractivity contribution in [3.05, 3.63) is 34.7 Å². The molecule has 0 radical (unpaired) electrons. The van der Waals surface area contributed by atoms with Crippen molar-refractivity contribution in [2.24, 2.45) is 0 Å². The Morgan fingerprint density at radius 2 is 2.04 bits per heavy atom. The summed E-state index contributed by atoms with van der Waals surface area (Å²) in [7, 11) is 0. The second-order valence-corrected chi connectivity index (χ2v) is 6.08. The summed E-state index contributed by atoms with van der Waals surface area (Å²) in [6.45, 7) is 4.57. The number of nitrogens with zero attached hydrogens (tertiary/aromatic N) is 1. The summed E-state index contributed by atoms with van der Waals surface area (Å²) in [5.41, 5.74) is 0.722. The van der Waals surface area contributed by atoms with Gasteiger partial charge >= 0.3 is 0 Å². The minimum absolute atomic E-state index is 0.255. The van der Waals surface area contributed by atoms with E-state index in [0.29, 0.717) is 18.9 Å². The van der Waals surface area contributed by atoms with Gasteiger partial charge in [-0.05, 0) is 37.2 Å². The first kappa shape index (κ1) is 18.1. The molecule has 7 heteroatoms. The molecule has 24 heavy (non-hydrogen) atoms. The normalized spacial score (nSPS) is 15.9. The van der Waals surface area contributed by atoms with Gasteiger partial charge < -0.3 is 10.1 Å². The van der Waals surface area contributed by atoms with E-state index in [1.807, 2.05) is 32.0 Å². The van der Waals surface area contributed by atoms with Crippen LogP contribution in [0.1, 0.15) is 25.8 Å². The average Bonchev–Trinajstić information content (AvgIpc) is 2.82. The SMILES string of the molecule is CCCNC(=O)CN1C(=O)S/C(=C\c2ccccc2OCC)C1=O. The van der Waals surface area contributed by atoms with Gasteiger partial charge in [0, 0.05) is 12.1 Å². The molecule has 1 aliphatic heterocycles. The summed E-state index contributed by atoms with van der Waals surface area (Å²) in [5, 5.41) is 2.22. The van der Waals surface area contributed by atoms with E-state index in [0.717, 1.165) is 28.6 Å². The van der Waals surface area contributed by atoms with Crippen molar-refractivity contribution < 1.29 is 19.1 Å². The van der Waals surface area contributed by atoms with E-state index in [9.17, 15) is 14.4 Å². The van der Waals surface area contributed by atoms with Crippen LogP contribution < -0.4 is 10.1 Å². The minimum Gasteiger partial charge on any atom is -0.493 e. The third-order valence-corrected chi connectivity index (χ3v) is 4.16. The highest BCUT2D eigenvalue weighted by molar-refractivity contribution is 8.18. The Hall–Kier alpha value is -2.28. The van der Waals surface area contributed by atoms with Gasteiger partial charge in [-0.25, -0.2) is 0 Å². The number of para-hydroxylation sites is 1. The lowest BCUT2D eigenvalue weighted by atomic mass is 10.2. The van der Waals surface area contributed by atoms with E-state index in [1.165, 1.54) is 0 Å². The van der Waals surface area contributed by atoms with Crippen LogP contribution in [0.15, 0.2) is 29.2 Å². The number of carbonyl (C=O) groups is 3. The molecule has 0 aliphatic carbocycles. The van der Waals surface area contributed by atoms with E-state index in [1.54, 1.807) is 12.1 Å². The summed E-state index contributed by atoms with van der Waals surface area (Å²) in [6, 6.07) is 7.29. The first-order valence-electron chi connectivity index (χ1n) is 7.80. The van der Waals surface area contributed by atoms with Crippen LogP contribution in [0, 0.1) is 0 Å². The van der Waals surface area contributed by atoms with Crippen LogP contribution in [0.25, 0.3) is 6.08 Å². The van der Waals surface area contributed by atoms with Crippen molar-refractivity contribution in [2.45, 2.75) is 20.3 Å². The Labute approximate surface area is 145 Å². The smallest absolute Gasteiger partial charge is 0.294 e. The maximum absolute atomic E-state index is 12.4. The molecule has 1 aromatic rings. The molecule has 1 fully saturated rings. The molecule has 128 valence electrons. The highest BCUT2D eigenvalue weighted by Gasteiger charge is 2.36. The van der Waals surface area contributed by atoms with Crippen LogP contribution in [0.5, 0.6) is 5.75 Å². The Bertz CT molecular complexity index is 672. The van der Waals surface area contributed by atoms with Gasteiger partial charge in [0.25, 0.3) is 11.1 Å². The summed E-state index contributed by atoms with van der Waals surface area (Å²) in [5.74, 6) is -0.148. The number of nitrogens with one attached hydrogen (secondary N) is 1. The van der Waals surface area contributed by atoms with Crippen molar-refractivity contribution in [1.82, 2.24) is 10.2 Å². The molecule has 1 aromatic carbocycles. The summed E-state index contributed by atoms with van der Waals surface area (Å²) in [6.07, 6.45) is 2.42. The van der Waals surface area contributed by atoms with E-state index < -0.39 is 11.1 Å². The second-order valence-electron chi connectivity index (χ2n) is 5.09. The molecule has 0 atom stereocenters. The fourth-order valence-electron chi connectivity index (χ4n) is 2.13. The lowest BCUT2D eigenvalue weighted by Crippen LogP contribution is -2.39. The van der Waals surface area contributed by atoms with E-state index >= 15 is 0 Å².